The highest BCUT2D eigenvalue weighted by molar-refractivity contribution is 6.94. The van der Waals surface area contributed by atoms with E-state index in [1.807, 2.05) is 24.3 Å². The van der Waals surface area contributed by atoms with E-state index in [-0.39, 0.29) is 0 Å². The van der Waals surface area contributed by atoms with Crippen LogP contribution in [0, 0.1) is 0 Å². The van der Waals surface area contributed by atoms with E-state index in [9.17, 15) is 0 Å². The number of rotatable bonds is 6. The smallest absolute Gasteiger partial charge is 0.391 e. The van der Waals surface area contributed by atoms with Crippen LogP contribution in [-0.2, 0) is 8.85 Å². The Hall–Kier alpha value is -3.44. The van der Waals surface area contributed by atoms with E-state index in [1.54, 1.807) is 14.2 Å². The summed E-state index contributed by atoms with van der Waals surface area (Å²) < 4.78 is 12.9. The summed E-state index contributed by atoms with van der Waals surface area (Å²) in [5, 5.41) is 3.61. The van der Waals surface area contributed by atoms with Gasteiger partial charge in [0.1, 0.15) is 0 Å². The third kappa shape index (κ3) is 4.47. The molecule has 5 heteroatoms. The number of halogens is 2. The van der Waals surface area contributed by atoms with E-state index in [0.717, 1.165) is 64.9 Å². The minimum absolute atomic E-state index is 0.720. The van der Waals surface area contributed by atoms with E-state index in [0.29, 0.717) is 0 Å². The van der Waals surface area contributed by atoms with Gasteiger partial charge in [-0.05, 0) is 68.8 Å². The fraction of sp³-hybridized carbons (Fsp3) is 0.0588. The molecule has 2 nitrogen and oxygen atoms in total. The van der Waals surface area contributed by atoms with Crippen LogP contribution < -0.4 is 10.4 Å². The predicted octanol–water partition coefficient (Wildman–Crippen LogP) is 8.39. The van der Waals surface area contributed by atoms with Gasteiger partial charge in [0.25, 0.3) is 0 Å². The first kappa shape index (κ1) is 25.8. The van der Waals surface area contributed by atoms with Crippen LogP contribution >= 0.6 is 23.2 Å². The minimum atomic E-state index is -3.10. The number of hydrogen-bond donors (Lipinski definition) is 0. The zero-order valence-electron chi connectivity index (χ0n) is 21.6. The Labute approximate surface area is 240 Å². The second kappa shape index (κ2) is 10.6. The molecule has 0 unspecified atom stereocenters. The molecular formula is C34H26Cl2O2Si. The molecule has 4 aliphatic rings. The zero-order valence-corrected chi connectivity index (χ0v) is 24.1. The summed E-state index contributed by atoms with van der Waals surface area (Å²) >= 11 is 12.4. The second-order valence-electron chi connectivity index (χ2n) is 9.45. The maximum Gasteiger partial charge on any atom is 0.407 e. The van der Waals surface area contributed by atoms with E-state index in [4.69, 9.17) is 32.1 Å². The molecule has 2 aromatic carbocycles. The second-order valence-corrected chi connectivity index (χ2v) is 13.5. The van der Waals surface area contributed by atoms with E-state index < -0.39 is 8.56 Å². The Kier molecular flexibility index (Phi) is 7.02. The molecule has 0 amide bonds. The van der Waals surface area contributed by atoms with E-state index >= 15 is 0 Å². The van der Waals surface area contributed by atoms with E-state index in [2.05, 4.69) is 97.1 Å². The molecular weight excluding hydrogens is 539 g/mol. The molecule has 0 radical (unpaired) electrons. The van der Waals surface area contributed by atoms with Crippen molar-refractivity contribution in [2.24, 2.45) is 0 Å². The predicted molar refractivity (Wildman–Crippen MR) is 166 cm³/mol. The molecule has 0 N–H and O–H groups in total. The van der Waals surface area contributed by atoms with Crippen molar-refractivity contribution in [3.05, 3.63) is 131 Å². The standard InChI is InChI=1S/C34H26Cl2O2Si/c1-37-39(38-2,33-21-19-29-27(7-3-5-9-31(29)33)23-11-15-25(35)16-12-23)34-22-20-30-28(8-4-6-10-32(30)34)24-13-17-26(36)18-14-24/h3-22H,1-2H3. The summed E-state index contributed by atoms with van der Waals surface area (Å²) in [7, 11) is 0.426. The van der Waals surface area contributed by atoms with Crippen molar-refractivity contribution in [3.8, 4) is 44.5 Å². The van der Waals surface area contributed by atoms with Gasteiger partial charge in [-0.25, -0.2) is 0 Å². The van der Waals surface area contributed by atoms with Gasteiger partial charge in [0, 0.05) is 34.6 Å². The Morgan fingerprint density at radius 3 is 1.13 bits per heavy atom. The summed E-state index contributed by atoms with van der Waals surface area (Å²) in [6.07, 6.45) is 0. The molecule has 192 valence electrons. The SMILES string of the molecule is CO[Si](OC)(c1ccc2c(-c3ccc(Cl)cc3)ccccc1-2)c1ccc2c(-c3ccc(Cl)cc3)ccccc1-2. The van der Waals surface area contributed by atoms with Gasteiger partial charge in [0.15, 0.2) is 0 Å². The van der Waals surface area contributed by atoms with Gasteiger partial charge in [-0.2, -0.15) is 0 Å². The summed E-state index contributed by atoms with van der Waals surface area (Å²) in [5.41, 5.74) is 9.02. The molecule has 0 aromatic heterocycles. The van der Waals surface area contributed by atoms with Gasteiger partial charge >= 0.3 is 8.56 Å². The molecule has 0 heterocycles. The maximum absolute atomic E-state index is 6.46. The van der Waals surface area contributed by atoms with Crippen molar-refractivity contribution in [2.75, 3.05) is 14.2 Å². The third-order valence-corrected chi connectivity index (χ3v) is 11.4. The van der Waals surface area contributed by atoms with Gasteiger partial charge in [-0.15, -0.1) is 0 Å². The van der Waals surface area contributed by atoms with Crippen LogP contribution in [0.15, 0.2) is 121 Å². The highest BCUT2D eigenvalue weighted by Crippen LogP contribution is 2.37. The van der Waals surface area contributed by atoms with Crippen LogP contribution in [0.3, 0.4) is 0 Å². The van der Waals surface area contributed by atoms with Gasteiger partial charge in [0.05, 0.1) is 0 Å². The quantitative estimate of drug-likeness (QED) is 0.189. The molecule has 0 spiro atoms. The molecule has 0 bridgehead atoms. The fourth-order valence-electron chi connectivity index (χ4n) is 5.60. The number of hydrogen-bond acceptors (Lipinski definition) is 2. The average molecular weight is 566 g/mol. The molecule has 0 saturated carbocycles. The highest BCUT2D eigenvalue weighted by Gasteiger charge is 2.46. The van der Waals surface area contributed by atoms with Crippen LogP contribution in [0.1, 0.15) is 0 Å². The van der Waals surface area contributed by atoms with Crippen LogP contribution in [-0.4, -0.2) is 22.8 Å². The molecule has 6 rings (SSSR count). The summed E-state index contributed by atoms with van der Waals surface area (Å²) in [6, 6.07) is 41.6. The van der Waals surface area contributed by atoms with Crippen molar-refractivity contribution in [3.63, 3.8) is 0 Å². The summed E-state index contributed by atoms with van der Waals surface area (Å²) in [4.78, 5) is 0. The first-order valence-corrected chi connectivity index (χ1v) is 15.3. The minimum Gasteiger partial charge on any atom is -0.391 e. The lowest BCUT2D eigenvalue weighted by Crippen LogP contribution is -2.62. The van der Waals surface area contributed by atoms with Crippen LogP contribution in [0.2, 0.25) is 10.0 Å². The maximum atomic E-state index is 6.46. The number of benzene rings is 2. The van der Waals surface area contributed by atoms with Crippen LogP contribution in [0.4, 0.5) is 0 Å². The topological polar surface area (TPSA) is 18.5 Å². The largest absolute Gasteiger partial charge is 0.407 e. The van der Waals surface area contributed by atoms with Crippen LogP contribution in [0.25, 0.3) is 44.5 Å². The Bertz CT molecular complexity index is 1570. The van der Waals surface area contributed by atoms with Gasteiger partial charge in [0.2, 0.25) is 0 Å². The molecule has 4 aliphatic carbocycles. The van der Waals surface area contributed by atoms with E-state index in [1.165, 1.54) is 0 Å². The lowest BCUT2D eigenvalue weighted by atomic mass is 10.0. The molecule has 0 atom stereocenters. The Morgan fingerprint density at radius 1 is 0.410 bits per heavy atom. The van der Waals surface area contributed by atoms with Crippen LogP contribution in [0.5, 0.6) is 0 Å². The average Bonchev–Trinajstić information content (AvgIpc) is 3.43. The Morgan fingerprint density at radius 2 is 0.769 bits per heavy atom. The molecule has 2 aromatic rings. The fourth-order valence-corrected chi connectivity index (χ4v) is 8.94. The van der Waals surface area contributed by atoms with Crippen molar-refractivity contribution in [1.29, 1.82) is 0 Å². The first-order valence-electron chi connectivity index (χ1n) is 12.7. The lowest BCUT2D eigenvalue weighted by molar-refractivity contribution is 0.273. The highest BCUT2D eigenvalue weighted by atomic mass is 35.5. The first-order chi connectivity index (χ1) is 19.1. The van der Waals surface area contributed by atoms with Gasteiger partial charge in [-0.3, -0.25) is 0 Å². The van der Waals surface area contributed by atoms with Crippen molar-refractivity contribution in [1.82, 2.24) is 0 Å². The summed E-state index contributed by atoms with van der Waals surface area (Å²) in [6.45, 7) is 0. The van der Waals surface area contributed by atoms with Gasteiger partial charge < -0.3 is 8.85 Å². The molecule has 0 fully saturated rings. The summed E-state index contributed by atoms with van der Waals surface area (Å²) in [5.74, 6) is 0. The Balaban J connectivity index is 1.52. The molecule has 39 heavy (non-hydrogen) atoms. The van der Waals surface area contributed by atoms with Crippen molar-refractivity contribution in [2.45, 2.75) is 0 Å². The monoisotopic (exact) mass is 564 g/mol. The van der Waals surface area contributed by atoms with Crippen molar-refractivity contribution < 1.29 is 8.85 Å². The number of fused-ring (bicyclic) bond motifs is 2. The zero-order chi connectivity index (χ0) is 27.0. The van der Waals surface area contributed by atoms with Crippen molar-refractivity contribution >= 4 is 42.1 Å². The molecule has 0 saturated heterocycles. The third-order valence-electron chi connectivity index (χ3n) is 7.44. The molecule has 0 aliphatic heterocycles. The van der Waals surface area contributed by atoms with Gasteiger partial charge in [-0.1, -0.05) is 120 Å². The normalized spacial score (nSPS) is 11.8. The lowest BCUT2D eigenvalue weighted by Gasteiger charge is -2.29.